The Balaban J connectivity index is 1.10. The molecule has 1 aliphatic rings. The van der Waals surface area contributed by atoms with Crippen LogP contribution in [0.2, 0.25) is 0 Å². The lowest BCUT2D eigenvalue weighted by Gasteiger charge is -2.35. The number of aliphatic hydroxyl groups excluding tert-OH is 1. The van der Waals surface area contributed by atoms with Crippen LogP contribution in [-0.4, -0.2) is 77.0 Å². The number of amides is 4. The molecule has 4 aromatic rings. The summed E-state index contributed by atoms with van der Waals surface area (Å²) in [4.78, 5) is 60.1. The van der Waals surface area contributed by atoms with Gasteiger partial charge in [0.1, 0.15) is 30.3 Å². The zero-order valence-corrected chi connectivity index (χ0v) is 38.0. The minimum Gasteiger partial charge on any atom is -0.493 e. The normalized spacial score (nSPS) is 15.9. The predicted octanol–water partition coefficient (Wildman–Crippen LogP) is 7.75. The molecule has 0 saturated carbocycles. The van der Waals surface area contributed by atoms with Gasteiger partial charge in [-0.25, -0.2) is 4.98 Å². The van der Waals surface area contributed by atoms with Gasteiger partial charge in [0.15, 0.2) is 11.5 Å². The summed E-state index contributed by atoms with van der Waals surface area (Å²) in [7, 11) is 1.23. The average Bonchev–Trinajstić information content (AvgIpc) is 3.89. The Morgan fingerprint density at radius 2 is 1.69 bits per heavy atom. The van der Waals surface area contributed by atoms with Crippen LogP contribution in [0.5, 0.6) is 11.5 Å². The third-order valence-corrected chi connectivity index (χ3v) is 11.8. The SMILES string of the molecule is COc1cc(C=C(C#N)C(=O)NCCCCC(=O)N[C@H](C(=O)N2C[C@H](O)C[C@H]2C(=O)NCc2ccc(-c3scnc3C)cc2)C(C)(C)C)ccc1OCc1ccc(C(F)(F)F)cc1C(F)(F)F. The second-order valence-corrected chi connectivity index (χ2v) is 17.7. The maximum atomic E-state index is 14.0. The first kappa shape index (κ1) is 51.5. The monoisotopic (exact) mass is 956 g/mol. The van der Waals surface area contributed by atoms with Gasteiger partial charge in [0, 0.05) is 38.0 Å². The molecule has 13 nitrogen and oxygen atoms in total. The number of nitrogens with one attached hydrogen (secondary N) is 3. The fourth-order valence-electron chi connectivity index (χ4n) is 7.23. The first-order chi connectivity index (χ1) is 31.5. The number of thiazole rings is 1. The Morgan fingerprint density at radius 3 is 2.30 bits per heavy atom. The summed E-state index contributed by atoms with van der Waals surface area (Å²) in [5.74, 6) is -2.19. The summed E-state index contributed by atoms with van der Waals surface area (Å²) in [5, 5.41) is 28.5. The zero-order valence-electron chi connectivity index (χ0n) is 37.2. The molecule has 1 aromatic heterocycles. The molecule has 0 radical (unpaired) electrons. The highest BCUT2D eigenvalue weighted by Crippen LogP contribution is 2.39. The van der Waals surface area contributed by atoms with Crippen molar-refractivity contribution in [2.45, 2.75) is 97.1 Å². The van der Waals surface area contributed by atoms with Crippen LogP contribution in [0.3, 0.4) is 0 Å². The summed E-state index contributed by atoms with van der Waals surface area (Å²) in [5.41, 5.74) is 0.221. The number of alkyl halides is 6. The minimum atomic E-state index is -5.09. The van der Waals surface area contributed by atoms with Crippen LogP contribution in [0.4, 0.5) is 26.3 Å². The highest BCUT2D eigenvalue weighted by molar-refractivity contribution is 7.13. The molecular formula is C47H50F6N6O7S. The molecule has 5 rings (SSSR count). The molecular weight excluding hydrogens is 907 g/mol. The van der Waals surface area contributed by atoms with E-state index in [1.54, 1.807) is 32.4 Å². The van der Waals surface area contributed by atoms with E-state index in [0.29, 0.717) is 18.6 Å². The molecule has 1 aliphatic heterocycles. The summed E-state index contributed by atoms with van der Waals surface area (Å²) in [6.07, 6.45) is -9.17. The van der Waals surface area contributed by atoms with Gasteiger partial charge in [0.2, 0.25) is 17.7 Å². The number of carbonyl (C=O) groups is 4. The number of rotatable bonds is 17. The molecule has 0 aliphatic carbocycles. The second kappa shape index (κ2) is 21.9. The maximum Gasteiger partial charge on any atom is 0.416 e. The number of β-amino-alcohol motifs (C(OH)–C–C–N with tert-alkyl or cyclic N) is 1. The minimum absolute atomic E-state index is 0.000150. The van der Waals surface area contributed by atoms with Gasteiger partial charge in [-0.1, -0.05) is 57.2 Å². The van der Waals surface area contributed by atoms with Crippen molar-refractivity contribution in [1.29, 1.82) is 5.26 Å². The van der Waals surface area contributed by atoms with E-state index in [0.717, 1.165) is 21.7 Å². The third kappa shape index (κ3) is 13.8. The number of carbonyl (C=O) groups excluding carboxylic acids is 4. The number of aromatic nitrogens is 1. The summed E-state index contributed by atoms with van der Waals surface area (Å²) in [6.45, 7) is 6.68. The van der Waals surface area contributed by atoms with E-state index < -0.39 is 82.9 Å². The number of unbranched alkanes of at least 4 members (excludes halogenated alkanes) is 1. The van der Waals surface area contributed by atoms with Gasteiger partial charge in [0.25, 0.3) is 5.91 Å². The van der Waals surface area contributed by atoms with Gasteiger partial charge >= 0.3 is 12.4 Å². The molecule has 3 aromatic carbocycles. The van der Waals surface area contributed by atoms with Crippen LogP contribution >= 0.6 is 11.3 Å². The molecule has 1 fully saturated rings. The van der Waals surface area contributed by atoms with E-state index in [2.05, 4.69) is 20.9 Å². The van der Waals surface area contributed by atoms with Crippen molar-refractivity contribution >= 4 is 41.0 Å². The summed E-state index contributed by atoms with van der Waals surface area (Å²) < 4.78 is 90.9. The fraction of sp³-hybridized carbons (Fsp3) is 0.404. The van der Waals surface area contributed by atoms with Crippen LogP contribution in [0.15, 0.2) is 71.7 Å². The van der Waals surface area contributed by atoms with Crippen LogP contribution in [0.25, 0.3) is 16.5 Å². The third-order valence-electron chi connectivity index (χ3n) is 10.8. The van der Waals surface area contributed by atoms with Crippen molar-refractivity contribution in [2.75, 3.05) is 20.2 Å². The van der Waals surface area contributed by atoms with Crippen LogP contribution < -0.4 is 25.4 Å². The number of hydrogen-bond acceptors (Lipinski definition) is 10. The predicted molar refractivity (Wildman–Crippen MR) is 236 cm³/mol. The second-order valence-electron chi connectivity index (χ2n) is 16.9. The zero-order chi connectivity index (χ0) is 49.3. The maximum absolute atomic E-state index is 14.0. The van der Waals surface area contributed by atoms with Gasteiger partial charge < -0.3 is 35.4 Å². The number of nitrogens with zero attached hydrogens (tertiary/aromatic N) is 3. The van der Waals surface area contributed by atoms with E-state index >= 15 is 0 Å². The molecule has 0 spiro atoms. The first-order valence-electron chi connectivity index (χ1n) is 21.0. The van der Waals surface area contributed by atoms with Crippen LogP contribution in [-0.2, 0) is 44.7 Å². The van der Waals surface area contributed by atoms with Gasteiger partial charge in [-0.05, 0) is 72.2 Å². The van der Waals surface area contributed by atoms with Crippen molar-refractivity contribution in [3.8, 4) is 28.0 Å². The number of likely N-dealkylation sites (tertiary alicyclic amines) is 1. The van der Waals surface area contributed by atoms with Crippen molar-refractivity contribution in [2.24, 2.45) is 5.41 Å². The number of nitriles is 1. The van der Waals surface area contributed by atoms with Gasteiger partial charge in [-0.2, -0.15) is 31.6 Å². The molecule has 1 saturated heterocycles. The quantitative estimate of drug-likeness (QED) is 0.0356. The van der Waals surface area contributed by atoms with Crippen molar-refractivity contribution in [1.82, 2.24) is 25.8 Å². The number of ether oxygens (including phenoxy) is 2. The number of aliphatic hydroxyl groups is 1. The Kier molecular flexibility index (Phi) is 16.8. The largest absolute Gasteiger partial charge is 0.493 e. The molecule has 358 valence electrons. The standard InChI is InChI=1S/C47H50F6N6O7S/c1-27-40(67-26-57-27)30-12-9-28(10-13-30)23-56-43(63)36-21-34(60)24-59(36)44(64)41(45(2,3)4)58-39(61)8-6-7-17-55-42(62)32(22-54)18-29-11-16-37(38(19-29)65-5)66-25-31-14-15-33(46(48,49)50)20-35(31)47(51,52)53/h9-16,18-20,26,34,36,41,60H,6-8,17,21,23-25H2,1-5H3,(H,55,62)(H,56,63)(H,58,61)/t34-,36+,41-/m1/s1. The molecule has 0 unspecified atom stereocenters. The van der Waals surface area contributed by atoms with Crippen molar-refractivity contribution in [3.05, 3.63) is 105 Å². The number of methoxy groups -OCH3 is 1. The number of halogens is 6. The lowest BCUT2D eigenvalue weighted by molar-refractivity contribution is -0.144. The van der Waals surface area contributed by atoms with E-state index in [4.69, 9.17) is 9.47 Å². The Bertz CT molecular complexity index is 2500. The first-order valence-corrected chi connectivity index (χ1v) is 21.9. The van der Waals surface area contributed by atoms with Crippen LogP contribution in [0, 0.1) is 23.7 Å². The fourth-order valence-corrected chi connectivity index (χ4v) is 8.04. The van der Waals surface area contributed by atoms with Crippen molar-refractivity contribution < 1.29 is 60.1 Å². The molecule has 20 heteroatoms. The summed E-state index contributed by atoms with van der Waals surface area (Å²) >= 11 is 1.54. The lowest BCUT2D eigenvalue weighted by atomic mass is 9.85. The molecule has 4 amide bonds. The number of benzene rings is 3. The van der Waals surface area contributed by atoms with E-state index in [9.17, 15) is 55.9 Å². The van der Waals surface area contributed by atoms with Gasteiger partial charge in [-0.15, -0.1) is 11.3 Å². The highest BCUT2D eigenvalue weighted by Gasteiger charge is 2.44. The van der Waals surface area contributed by atoms with E-state index in [1.165, 1.54) is 47.6 Å². The number of aryl methyl sites for hydroxylation is 1. The topological polar surface area (TPSA) is 183 Å². The average molecular weight is 957 g/mol. The Labute approximate surface area is 387 Å². The lowest BCUT2D eigenvalue weighted by Crippen LogP contribution is -2.57. The van der Waals surface area contributed by atoms with Gasteiger partial charge in [-0.3, -0.25) is 19.2 Å². The molecule has 0 bridgehead atoms. The van der Waals surface area contributed by atoms with E-state index in [-0.39, 0.29) is 67.6 Å². The van der Waals surface area contributed by atoms with Crippen molar-refractivity contribution in [3.63, 3.8) is 0 Å². The summed E-state index contributed by atoms with van der Waals surface area (Å²) in [6, 6.07) is 12.7. The molecule has 3 atom stereocenters. The van der Waals surface area contributed by atoms with Crippen LogP contribution in [0.1, 0.15) is 80.0 Å². The van der Waals surface area contributed by atoms with E-state index in [1.807, 2.05) is 31.2 Å². The molecule has 67 heavy (non-hydrogen) atoms. The van der Waals surface area contributed by atoms with Gasteiger partial charge in [0.05, 0.1) is 40.4 Å². The Hall–Kier alpha value is -6.46. The molecule has 4 N–H and O–H groups in total. The highest BCUT2D eigenvalue weighted by atomic mass is 32.1. The molecule has 2 heterocycles. The smallest absolute Gasteiger partial charge is 0.416 e. The Morgan fingerprint density at radius 1 is 0.970 bits per heavy atom. The number of hydrogen-bond donors (Lipinski definition) is 4.